The third-order valence-electron chi connectivity index (χ3n) is 1.87. The van der Waals surface area contributed by atoms with Gasteiger partial charge >= 0.3 is 0 Å². The zero-order valence-corrected chi connectivity index (χ0v) is 7.83. The molecule has 3 nitrogen and oxygen atoms in total. The monoisotopic (exact) mass is 175 g/mol. The number of nitrogens with zero attached hydrogens (tertiary/aromatic N) is 1. The van der Waals surface area contributed by atoms with Crippen molar-refractivity contribution in [2.45, 2.75) is 13.8 Å². The van der Waals surface area contributed by atoms with Crippen LogP contribution in [0.4, 0.5) is 0 Å². The van der Waals surface area contributed by atoms with E-state index >= 15 is 0 Å². The summed E-state index contributed by atoms with van der Waals surface area (Å²) in [6.07, 6.45) is 1.63. The summed E-state index contributed by atoms with van der Waals surface area (Å²) in [7, 11) is 0. The minimum Gasteiger partial charge on any atom is -0.368 e. The molecular formula is C10H13N3. The molecule has 68 valence electrons. The number of benzene rings is 1. The predicted octanol–water partition coefficient (Wildman–Crippen LogP) is 1.62. The van der Waals surface area contributed by atoms with Gasteiger partial charge in [-0.05, 0) is 30.5 Å². The van der Waals surface area contributed by atoms with Crippen LogP contribution in [0, 0.1) is 19.3 Å². The number of hydrogen-bond donors (Lipinski definition) is 2. The first-order chi connectivity index (χ1) is 6.11. The maximum absolute atomic E-state index is 6.96. The summed E-state index contributed by atoms with van der Waals surface area (Å²) >= 11 is 0. The molecule has 1 aromatic carbocycles. The standard InChI is InChI=1S/C10H13N3/c1-7-4-3-5-8(2)9(7)6-13-10(11)12/h3-6H,1-2H3,(H3,11,12)/b13-6+. The molecule has 0 aliphatic heterocycles. The second kappa shape index (κ2) is 3.85. The third kappa shape index (κ3) is 2.40. The van der Waals surface area contributed by atoms with Crippen LogP contribution in [0.3, 0.4) is 0 Å². The molecular weight excluding hydrogens is 162 g/mol. The van der Waals surface area contributed by atoms with Crippen molar-refractivity contribution in [2.24, 2.45) is 10.7 Å². The Morgan fingerprint density at radius 2 is 1.92 bits per heavy atom. The number of hydrogen-bond acceptors (Lipinski definition) is 1. The minimum atomic E-state index is -0.164. The van der Waals surface area contributed by atoms with Crippen molar-refractivity contribution in [3.63, 3.8) is 0 Å². The normalized spacial score (nSPS) is 10.6. The van der Waals surface area contributed by atoms with Crippen LogP contribution < -0.4 is 5.73 Å². The molecule has 0 aliphatic rings. The molecule has 0 bridgehead atoms. The highest BCUT2D eigenvalue weighted by atomic mass is 15.0. The van der Waals surface area contributed by atoms with Gasteiger partial charge in [0.15, 0.2) is 0 Å². The minimum absolute atomic E-state index is 0.164. The second-order valence-corrected chi connectivity index (χ2v) is 2.95. The van der Waals surface area contributed by atoms with Crippen LogP contribution in [0.5, 0.6) is 0 Å². The van der Waals surface area contributed by atoms with Crippen molar-refractivity contribution < 1.29 is 0 Å². The van der Waals surface area contributed by atoms with E-state index < -0.39 is 0 Å². The molecule has 0 heterocycles. The molecule has 3 N–H and O–H groups in total. The first-order valence-electron chi connectivity index (χ1n) is 4.05. The number of rotatable bonds is 1. The summed E-state index contributed by atoms with van der Waals surface area (Å²) in [5.74, 6) is -0.164. The lowest BCUT2D eigenvalue weighted by Crippen LogP contribution is -2.06. The summed E-state index contributed by atoms with van der Waals surface area (Å²) in [6.45, 7) is 4.02. The van der Waals surface area contributed by atoms with Gasteiger partial charge < -0.3 is 5.73 Å². The van der Waals surface area contributed by atoms with E-state index in [9.17, 15) is 0 Å². The largest absolute Gasteiger partial charge is 0.368 e. The van der Waals surface area contributed by atoms with Gasteiger partial charge in [0.25, 0.3) is 0 Å². The molecule has 0 aromatic heterocycles. The average molecular weight is 175 g/mol. The van der Waals surface area contributed by atoms with E-state index in [1.54, 1.807) is 6.21 Å². The van der Waals surface area contributed by atoms with Crippen molar-refractivity contribution >= 4 is 12.2 Å². The van der Waals surface area contributed by atoms with Crippen LogP contribution in [-0.2, 0) is 0 Å². The van der Waals surface area contributed by atoms with Gasteiger partial charge in [-0.15, -0.1) is 0 Å². The highest BCUT2D eigenvalue weighted by molar-refractivity contribution is 5.93. The maximum atomic E-state index is 6.96. The zero-order chi connectivity index (χ0) is 9.84. The maximum Gasteiger partial charge on any atom is 0.212 e. The summed E-state index contributed by atoms with van der Waals surface area (Å²) in [6, 6.07) is 6.01. The molecule has 0 radical (unpaired) electrons. The average Bonchev–Trinajstić information content (AvgIpc) is 2.03. The Morgan fingerprint density at radius 1 is 1.38 bits per heavy atom. The van der Waals surface area contributed by atoms with Crippen LogP contribution in [-0.4, -0.2) is 12.2 Å². The Morgan fingerprint density at radius 3 is 2.38 bits per heavy atom. The summed E-state index contributed by atoms with van der Waals surface area (Å²) in [4.78, 5) is 3.75. The number of nitrogens with two attached hydrogens (primary N) is 1. The van der Waals surface area contributed by atoms with Crippen molar-refractivity contribution in [3.8, 4) is 0 Å². The lowest BCUT2D eigenvalue weighted by atomic mass is 10.0. The van der Waals surface area contributed by atoms with Gasteiger partial charge in [-0.2, -0.15) is 0 Å². The van der Waals surface area contributed by atoms with E-state index in [4.69, 9.17) is 11.1 Å². The molecule has 1 aromatic rings. The molecule has 13 heavy (non-hydrogen) atoms. The lowest BCUT2D eigenvalue weighted by Gasteiger charge is -2.02. The highest BCUT2D eigenvalue weighted by Crippen LogP contribution is 2.10. The molecule has 1 rings (SSSR count). The van der Waals surface area contributed by atoms with Crippen LogP contribution >= 0.6 is 0 Å². The Bertz CT molecular complexity index is 333. The number of nitrogens with one attached hydrogen (secondary N) is 1. The topological polar surface area (TPSA) is 62.2 Å². The Balaban J connectivity index is 3.06. The molecule has 3 heteroatoms. The predicted molar refractivity (Wildman–Crippen MR) is 55.4 cm³/mol. The Kier molecular flexibility index (Phi) is 2.80. The SMILES string of the molecule is Cc1cccc(C)c1/C=N/C(=N)N. The lowest BCUT2D eigenvalue weighted by molar-refractivity contribution is 1.35. The second-order valence-electron chi connectivity index (χ2n) is 2.95. The Labute approximate surface area is 77.8 Å². The quantitative estimate of drug-likeness (QED) is 0.494. The summed E-state index contributed by atoms with van der Waals surface area (Å²) in [5.41, 5.74) is 8.45. The van der Waals surface area contributed by atoms with Crippen LogP contribution in [0.15, 0.2) is 23.2 Å². The van der Waals surface area contributed by atoms with E-state index in [2.05, 4.69) is 4.99 Å². The first-order valence-corrected chi connectivity index (χ1v) is 4.05. The summed E-state index contributed by atoms with van der Waals surface area (Å²) < 4.78 is 0. The van der Waals surface area contributed by atoms with Crippen molar-refractivity contribution in [2.75, 3.05) is 0 Å². The Hall–Kier alpha value is -1.64. The molecule has 0 saturated carbocycles. The van der Waals surface area contributed by atoms with Crippen LogP contribution in [0.25, 0.3) is 0 Å². The number of aliphatic imine (C=N–C) groups is 1. The van der Waals surface area contributed by atoms with Crippen molar-refractivity contribution in [1.82, 2.24) is 0 Å². The van der Waals surface area contributed by atoms with Gasteiger partial charge in [-0.1, -0.05) is 18.2 Å². The smallest absolute Gasteiger partial charge is 0.212 e. The fourth-order valence-electron chi connectivity index (χ4n) is 1.17. The van der Waals surface area contributed by atoms with Crippen LogP contribution in [0.2, 0.25) is 0 Å². The van der Waals surface area contributed by atoms with E-state index in [1.165, 1.54) is 0 Å². The fourth-order valence-corrected chi connectivity index (χ4v) is 1.17. The van der Waals surface area contributed by atoms with Gasteiger partial charge in [0, 0.05) is 6.21 Å². The van der Waals surface area contributed by atoms with Gasteiger partial charge in [-0.25, -0.2) is 4.99 Å². The van der Waals surface area contributed by atoms with Crippen molar-refractivity contribution in [1.29, 1.82) is 5.41 Å². The fraction of sp³-hybridized carbons (Fsp3) is 0.200. The van der Waals surface area contributed by atoms with E-state index in [0.29, 0.717) is 0 Å². The van der Waals surface area contributed by atoms with Gasteiger partial charge in [0.2, 0.25) is 5.96 Å². The molecule has 0 unspecified atom stereocenters. The first kappa shape index (κ1) is 9.45. The van der Waals surface area contributed by atoms with Gasteiger partial charge in [-0.3, -0.25) is 5.41 Å². The molecule has 0 aliphatic carbocycles. The van der Waals surface area contributed by atoms with E-state index in [0.717, 1.165) is 16.7 Å². The van der Waals surface area contributed by atoms with Gasteiger partial charge in [0.1, 0.15) is 0 Å². The van der Waals surface area contributed by atoms with Gasteiger partial charge in [0.05, 0.1) is 0 Å². The molecule has 0 atom stereocenters. The summed E-state index contributed by atoms with van der Waals surface area (Å²) in [5, 5.41) is 6.96. The van der Waals surface area contributed by atoms with E-state index in [-0.39, 0.29) is 5.96 Å². The molecule has 0 amide bonds. The third-order valence-corrected chi connectivity index (χ3v) is 1.87. The van der Waals surface area contributed by atoms with Crippen LogP contribution in [0.1, 0.15) is 16.7 Å². The molecule has 0 fully saturated rings. The highest BCUT2D eigenvalue weighted by Gasteiger charge is 1.97. The van der Waals surface area contributed by atoms with Crippen molar-refractivity contribution in [3.05, 3.63) is 34.9 Å². The van der Waals surface area contributed by atoms with E-state index in [1.807, 2.05) is 32.0 Å². The number of guanidine groups is 1. The zero-order valence-electron chi connectivity index (χ0n) is 7.83. The number of aryl methyl sites for hydroxylation is 2. The molecule has 0 spiro atoms. The molecule has 0 saturated heterocycles.